The van der Waals surface area contributed by atoms with Crippen molar-refractivity contribution in [2.75, 3.05) is 13.6 Å². The maximum atomic E-state index is 6.02. The molecule has 1 nitrogen and oxygen atoms in total. The monoisotopic (exact) mass is 277 g/mol. The molecule has 3 rings (SSSR count). The first-order valence-electron chi connectivity index (χ1n) is 7.66. The number of hydrogen-bond acceptors (Lipinski definition) is 1. The molecule has 19 heavy (non-hydrogen) atoms. The van der Waals surface area contributed by atoms with Crippen LogP contribution >= 0.6 is 11.6 Å². The summed E-state index contributed by atoms with van der Waals surface area (Å²) in [7, 11) is 2.33. The molecule has 104 valence electrons. The van der Waals surface area contributed by atoms with Gasteiger partial charge in [0.05, 0.1) is 0 Å². The number of halogens is 1. The SMILES string of the molecule is CN(CC1(c2ccc(Cl)cc2)CCC1)C1CCCC1. The van der Waals surface area contributed by atoms with Crippen LogP contribution in [0.5, 0.6) is 0 Å². The Hall–Kier alpha value is -0.530. The minimum atomic E-state index is 0.405. The molecule has 2 fully saturated rings. The normalized spacial score (nSPS) is 22.7. The molecule has 2 aliphatic rings. The molecular weight excluding hydrogens is 254 g/mol. The lowest BCUT2D eigenvalue weighted by Crippen LogP contribution is -2.47. The van der Waals surface area contributed by atoms with Crippen LogP contribution in [0, 0.1) is 0 Å². The van der Waals surface area contributed by atoms with Crippen LogP contribution in [-0.2, 0) is 5.41 Å². The lowest BCUT2D eigenvalue weighted by molar-refractivity contribution is 0.128. The Kier molecular flexibility index (Phi) is 3.86. The molecule has 0 aromatic heterocycles. The standard InChI is InChI=1S/C17H24ClN/c1-19(16-5-2-3-6-16)13-17(11-4-12-17)14-7-9-15(18)10-8-14/h7-10,16H,2-6,11-13H2,1H3. The number of likely N-dealkylation sites (N-methyl/N-ethyl adjacent to an activating group) is 1. The molecule has 0 aliphatic heterocycles. The van der Waals surface area contributed by atoms with Crippen LogP contribution in [0.2, 0.25) is 5.02 Å². The maximum absolute atomic E-state index is 6.02. The molecule has 0 N–H and O–H groups in total. The molecule has 0 unspecified atom stereocenters. The van der Waals surface area contributed by atoms with Crippen molar-refractivity contribution in [1.29, 1.82) is 0 Å². The first-order chi connectivity index (χ1) is 9.20. The molecule has 0 bridgehead atoms. The van der Waals surface area contributed by atoms with Crippen LogP contribution in [0.3, 0.4) is 0 Å². The van der Waals surface area contributed by atoms with Gasteiger partial charge >= 0.3 is 0 Å². The van der Waals surface area contributed by atoms with E-state index in [0.717, 1.165) is 11.1 Å². The van der Waals surface area contributed by atoms with Crippen molar-refractivity contribution in [1.82, 2.24) is 4.90 Å². The van der Waals surface area contributed by atoms with E-state index in [1.54, 1.807) is 0 Å². The second-order valence-electron chi connectivity index (χ2n) is 6.49. The molecule has 0 atom stereocenters. The van der Waals surface area contributed by atoms with Gasteiger partial charge in [0, 0.05) is 23.0 Å². The van der Waals surface area contributed by atoms with E-state index in [1.165, 1.54) is 57.1 Å². The summed E-state index contributed by atoms with van der Waals surface area (Å²) in [5.74, 6) is 0. The summed E-state index contributed by atoms with van der Waals surface area (Å²) in [6.07, 6.45) is 9.69. The summed E-state index contributed by atoms with van der Waals surface area (Å²) in [6, 6.07) is 9.40. The highest BCUT2D eigenvalue weighted by atomic mass is 35.5. The molecule has 0 heterocycles. The van der Waals surface area contributed by atoms with Crippen molar-refractivity contribution in [3.8, 4) is 0 Å². The molecular formula is C17H24ClN. The highest BCUT2D eigenvalue weighted by Crippen LogP contribution is 2.45. The molecule has 2 aliphatic carbocycles. The zero-order valence-corrected chi connectivity index (χ0v) is 12.6. The zero-order valence-electron chi connectivity index (χ0n) is 11.9. The Bertz CT molecular complexity index is 415. The number of rotatable bonds is 4. The van der Waals surface area contributed by atoms with Gasteiger partial charge in [0.25, 0.3) is 0 Å². The van der Waals surface area contributed by atoms with E-state index in [0.29, 0.717) is 5.41 Å². The molecule has 1 aromatic rings. The van der Waals surface area contributed by atoms with E-state index in [2.05, 4.69) is 24.1 Å². The van der Waals surface area contributed by atoms with Gasteiger partial charge in [-0.05, 0) is 50.4 Å². The van der Waals surface area contributed by atoms with Gasteiger partial charge < -0.3 is 4.90 Å². The molecule has 1 aromatic carbocycles. The Labute approximate surface area is 121 Å². The van der Waals surface area contributed by atoms with Crippen molar-refractivity contribution in [2.45, 2.75) is 56.4 Å². The molecule has 2 heteroatoms. The first-order valence-corrected chi connectivity index (χ1v) is 8.04. The number of nitrogens with zero attached hydrogens (tertiary/aromatic N) is 1. The second-order valence-corrected chi connectivity index (χ2v) is 6.93. The topological polar surface area (TPSA) is 3.24 Å². The van der Waals surface area contributed by atoms with Gasteiger partial charge in [0.1, 0.15) is 0 Å². The van der Waals surface area contributed by atoms with E-state index in [4.69, 9.17) is 11.6 Å². The molecule has 0 saturated heterocycles. The van der Waals surface area contributed by atoms with Crippen molar-refractivity contribution in [3.63, 3.8) is 0 Å². The van der Waals surface area contributed by atoms with Gasteiger partial charge in [-0.2, -0.15) is 0 Å². The third-order valence-corrected chi connectivity index (χ3v) is 5.52. The first kappa shape index (κ1) is 13.5. The smallest absolute Gasteiger partial charge is 0.0406 e. The van der Waals surface area contributed by atoms with Gasteiger partial charge in [0.2, 0.25) is 0 Å². The van der Waals surface area contributed by atoms with Gasteiger partial charge in [-0.15, -0.1) is 0 Å². The minimum Gasteiger partial charge on any atom is -0.303 e. The van der Waals surface area contributed by atoms with Crippen molar-refractivity contribution < 1.29 is 0 Å². The summed E-state index contributed by atoms with van der Waals surface area (Å²) in [4.78, 5) is 2.63. The van der Waals surface area contributed by atoms with Gasteiger partial charge in [-0.3, -0.25) is 0 Å². The zero-order chi connectivity index (χ0) is 13.3. The van der Waals surface area contributed by atoms with Crippen LogP contribution in [0.4, 0.5) is 0 Å². The van der Waals surface area contributed by atoms with Crippen molar-refractivity contribution in [2.24, 2.45) is 0 Å². The summed E-state index contributed by atoms with van der Waals surface area (Å²) in [5.41, 5.74) is 1.90. The van der Waals surface area contributed by atoms with E-state index in [1.807, 2.05) is 12.1 Å². The summed E-state index contributed by atoms with van der Waals surface area (Å²) < 4.78 is 0. The predicted molar refractivity (Wildman–Crippen MR) is 81.9 cm³/mol. The van der Waals surface area contributed by atoms with E-state index in [9.17, 15) is 0 Å². The fourth-order valence-electron chi connectivity index (χ4n) is 3.90. The third kappa shape index (κ3) is 2.68. The summed E-state index contributed by atoms with van der Waals surface area (Å²) in [6.45, 7) is 1.22. The van der Waals surface area contributed by atoms with E-state index < -0.39 is 0 Å². The van der Waals surface area contributed by atoms with Gasteiger partial charge in [-0.1, -0.05) is 43.0 Å². The maximum Gasteiger partial charge on any atom is 0.0406 e. The van der Waals surface area contributed by atoms with Crippen molar-refractivity contribution >= 4 is 11.6 Å². The van der Waals surface area contributed by atoms with E-state index in [-0.39, 0.29) is 0 Å². The van der Waals surface area contributed by atoms with E-state index >= 15 is 0 Å². The number of hydrogen-bond donors (Lipinski definition) is 0. The Morgan fingerprint density at radius 2 is 1.74 bits per heavy atom. The lowest BCUT2D eigenvalue weighted by Gasteiger charge is -2.46. The second kappa shape index (κ2) is 5.46. The van der Waals surface area contributed by atoms with Crippen LogP contribution in [0.1, 0.15) is 50.5 Å². The van der Waals surface area contributed by atoms with Gasteiger partial charge in [-0.25, -0.2) is 0 Å². The largest absolute Gasteiger partial charge is 0.303 e. The van der Waals surface area contributed by atoms with Crippen LogP contribution < -0.4 is 0 Å². The van der Waals surface area contributed by atoms with Crippen molar-refractivity contribution in [3.05, 3.63) is 34.9 Å². The molecule has 0 radical (unpaired) electrons. The quantitative estimate of drug-likeness (QED) is 0.775. The highest BCUT2D eigenvalue weighted by Gasteiger charge is 2.40. The fourth-order valence-corrected chi connectivity index (χ4v) is 4.02. The van der Waals surface area contributed by atoms with Crippen LogP contribution in [0.15, 0.2) is 24.3 Å². The molecule has 2 saturated carbocycles. The third-order valence-electron chi connectivity index (χ3n) is 5.27. The summed E-state index contributed by atoms with van der Waals surface area (Å²) >= 11 is 6.02. The molecule has 0 amide bonds. The number of benzene rings is 1. The van der Waals surface area contributed by atoms with Crippen LogP contribution in [-0.4, -0.2) is 24.5 Å². The average molecular weight is 278 g/mol. The Morgan fingerprint density at radius 1 is 1.11 bits per heavy atom. The van der Waals surface area contributed by atoms with Crippen LogP contribution in [0.25, 0.3) is 0 Å². The fraction of sp³-hybridized carbons (Fsp3) is 0.647. The van der Waals surface area contributed by atoms with Gasteiger partial charge in [0.15, 0.2) is 0 Å². The highest BCUT2D eigenvalue weighted by molar-refractivity contribution is 6.30. The average Bonchev–Trinajstić information content (AvgIpc) is 2.89. The predicted octanol–water partition coefficient (Wildman–Crippen LogP) is 4.64. The summed E-state index contributed by atoms with van der Waals surface area (Å²) in [5, 5.41) is 0.849. The minimum absolute atomic E-state index is 0.405. The Morgan fingerprint density at radius 3 is 2.26 bits per heavy atom. The lowest BCUT2D eigenvalue weighted by atomic mass is 9.64. The molecule has 0 spiro atoms. The Balaban J connectivity index is 1.73.